The maximum atomic E-state index is 11.7. The highest BCUT2D eigenvalue weighted by atomic mass is 127. The van der Waals surface area contributed by atoms with E-state index in [1.807, 2.05) is 13.0 Å². The zero-order valence-electron chi connectivity index (χ0n) is 8.04. The Morgan fingerprint density at radius 2 is 2.07 bits per heavy atom. The number of benzene rings is 1. The summed E-state index contributed by atoms with van der Waals surface area (Å²) >= 11 is 2.13. The molecule has 0 radical (unpaired) electrons. The third-order valence-electron chi connectivity index (χ3n) is 1.84. The van der Waals surface area contributed by atoms with Gasteiger partial charge in [0.15, 0.2) is 0 Å². The van der Waals surface area contributed by atoms with Gasteiger partial charge < -0.3 is 0 Å². The van der Waals surface area contributed by atoms with Crippen molar-refractivity contribution in [2.24, 2.45) is 0 Å². The molecular formula is C9H12INO2S. The number of hydrogen-bond acceptors (Lipinski definition) is 2. The fraction of sp³-hybridized carbons (Fsp3) is 0.333. The van der Waals surface area contributed by atoms with Gasteiger partial charge in [0, 0.05) is 10.1 Å². The normalized spacial score (nSPS) is 11.6. The van der Waals surface area contributed by atoms with Crippen molar-refractivity contribution in [1.29, 1.82) is 0 Å². The lowest BCUT2D eigenvalue weighted by molar-refractivity contribution is 0.583. The lowest BCUT2D eigenvalue weighted by Gasteiger charge is -2.08. The molecule has 0 fully saturated rings. The van der Waals surface area contributed by atoms with Crippen molar-refractivity contribution < 1.29 is 8.42 Å². The Kier molecular flexibility index (Phi) is 3.91. The molecule has 0 amide bonds. The number of hydrogen-bond donors (Lipinski definition) is 1. The van der Waals surface area contributed by atoms with E-state index in [2.05, 4.69) is 27.3 Å². The summed E-state index contributed by atoms with van der Waals surface area (Å²) < 4.78 is 26.8. The van der Waals surface area contributed by atoms with Crippen LogP contribution < -0.4 is 4.72 Å². The van der Waals surface area contributed by atoms with Crippen LogP contribution in [0.1, 0.15) is 12.5 Å². The van der Waals surface area contributed by atoms with Crippen molar-refractivity contribution in [3.05, 3.63) is 27.3 Å². The van der Waals surface area contributed by atoms with E-state index in [1.54, 1.807) is 19.1 Å². The van der Waals surface area contributed by atoms with Crippen LogP contribution in [0.2, 0.25) is 0 Å². The average molecular weight is 325 g/mol. The second-order valence-electron chi connectivity index (χ2n) is 2.86. The summed E-state index contributed by atoms with van der Waals surface area (Å²) in [7, 11) is -3.32. The van der Waals surface area contributed by atoms with Gasteiger partial charge in [0.1, 0.15) is 0 Å². The van der Waals surface area contributed by atoms with Crippen LogP contribution >= 0.6 is 22.6 Å². The Morgan fingerprint density at radius 1 is 1.43 bits per heavy atom. The van der Waals surface area contributed by atoms with Gasteiger partial charge in [0.05, 0.1) is 4.90 Å². The second kappa shape index (κ2) is 4.59. The molecule has 0 aliphatic heterocycles. The maximum absolute atomic E-state index is 11.7. The summed E-state index contributed by atoms with van der Waals surface area (Å²) in [6, 6.07) is 5.26. The fourth-order valence-corrected chi connectivity index (χ4v) is 3.13. The molecule has 78 valence electrons. The highest BCUT2D eigenvalue weighted by Crippen LogP contribution is 2.19. The minimum Gasteiger partial charge on any atom is -0.211 e. The van der Waals surface area contributed by atoms with Gasteiger partial charge in [0.25, 0.3) is 0 Å². The van der Waals surface area contributed by atoms with Crippen molar-refractivity contribution >= 4 is 32.6 Å². The molecule has 0 atom stereocenters. The van der Waals surface area contributed by atoms with Crippen LogP contribution in [0.25, 0.3) is 0 Å². The molecule has 1 rings (SSSR count). The molecule has 0 spiro atoms. The molecule has 0 saturated heterocycles. The summed E-state index contributed by atoms with van der Waals surface area (Å²) in [5.41, 5.74) is 0.800. The Labute approximate surface area is 98.1 Å². The zero-order valence-corrected chi connectivity index (χ0v) is 11.0. The Balaban J connectivity index is 3.27. The van der Waals surface area contributed by atoms with Gasteiger partial charge in [-0.25, -0.2) is 13.1 Å². The van der Waals surface area contributed by atoms with Gasteiger partial charge in [-0.05, 0) is 47.2 Å². The second-order valence-corrected chi connectivity index (χ2v) is 5.76. The number of sulfonamides is 1. The first-order chi connectivity index (χ1) is 6.49. The largest absolute Gasteiger partial charge is 0.240 e. The van der Waals surface area contributed by atoms with Crippen LogP contribution in [0.15, 0.2) is 23.1 Å². The SMILES string of the molecule is CCNS(=O)(=O)c1cccc(I)c1C. The van der Waals surface area contributed by atoms with E-state index in [4.69, 9.17) is 0 Å². The van der Waals surface area contributed by atoms with Gasteiger partial charge in [0.2, 0.25) is 10.0 Å². The topological polar surface area (TPSA) is 46.2 Å². The lowest BCUT2D eigenvalue weighted by Crippen LogP contribution is -2.24. The highest BCUT2D eigenvalue weighted by Gasteiger charge is 2.15. The van der Waals surface area contributed by atoms with Crippen molar-refractivity contribution in [3.8, 4) is 0 Å². The van der Waals surface area contributed by atoms with Gasteiger partial charge in [-0.15, -0.1) is 0 Å². The van der Waals surface area contributed by atoms with Crippen LogP contribution in [0, 0.1) is 10.5 Å². The van der Waals surface area contributed by atoms with Crippen LogP contribution in [0.4, 0.5) is 0 Å². The van der Waals surface area contributed by atoms with Crippen molar-refractivity contribution in [2.45, 2.75) is 18.7 Å². The van der Waals surface area contributed by atoms with E-state index in [-0.39, 0.29) is 0 Å². The van der Waals surface area contributed by atoms with Crippen molar-refractivity contribution in [1.82, 2.24) is 4.72 Å². The summed E-state index contributed by atoms with van der Waals surface area (Å²) in [5, 5.41) is 0. The third-order valence-corrected chi connectivity index (χ3v) is 4.70. The Morgan fingerprint density at radius 3 is 2.64 bits per heavy atom. The summed E-state index contributed by atoms with van der Waals surface area (Å²) in [5.74, 6) is 0. The molecule has 0 saturated carbocycles. The minimum absolute atomic E-state index is 0.367. The monoisotopic (exact) mass is 325 g/mol. The average Bonchev–Trinajstić information content (AvgIpc) is 2.09. The number of halogens is 1. The highest BCUT2D eigenvalue weighted by molar-refractivity contribution is 14.1. The molecule has 1 aromatic carbocycles. The predicted octanol–water partition coefficient (Wildman–Crippen LogP) is 1.90. The Bertz CT molecular complexity index is 428. The quantitative estimate of drug-likeness (QED) is 0.863. The molecule has 0 aliphatic carbocycles. The number of nitrogens with one attached hydrogen (secondary N) is 1. The maximum Gasteiger partial charge on any atom is 0.240 e. The van der Waals surface area contributed by atoms with Crippen LogP contribution in [0.5, 0.6) is 0 Å². The fourth-order valence-electron chi connectivity index (χ4n) is 1.15. The van der Waals surface area contributed by atoms with Crippen molar-refractivity contribution in [2.75, 3.05) is 6.54 Å². The van der Waals surface area contributed by atoms with Crippen molar-refractivity contribution in [3.63, 3.8) is 0 Å². The summed E-state index contributed by atoms with van der Waals surface area (Å²) in [6.07, 6.45) is 0. The predicted molar refractivity (Wildman–Crippen MR) is 64.8 cm³/mol. The van der Waals surface area contributed by atoms with Gasteiger partial charge in [-0.1, -0.05) is 13.0 Å². The molecule has 5 heteroatoms. The van der Waals surface area contributed by atoms with E-state index in [1.165, 1.54) is 0 Å². The van der Waals surface area contributed by atoms with Crippen LogP contribution in [0.3, 0.4) is 0 Å². The first kappa shape index (κ1) is 11.9. The van der Waals surface area contributed by atoms with Crippen LogP contribution in [-0.4, -0.2) is 15.0 Å². The minimum atomic E-state index is -3.32. The van der Waals surface area contributed by atoms with E-state index in [9.17, 15) is 8.42 Å². The Hall–Kier alpha value is -0.140. The van der Waals surface area contributed by atoms with E-state index >= 15 is 0 Å². The zero-order chi connectivity index (χ0) is 10.8. The van der Waals surface area contributed by atoms with Gasteiger partial charge in [-0.2, -0.15) is 0 Å². The molecule has 0 bridgehead atoms. The summed E-state index contributed by atoms with van der Waals surface area (Å²) in [4.78, 5) is 0.367. The van der Waals surface area contributed by atoms with E-state index in [0.29, 0.717) is 11.4 Å². The van der Waals surface area contributed by atoms with Gasteiger partial charge >= 0.3 is 0 Å². The van der Waals surface area contributed by atoms with E-state index < -0.39 is 10.0 Å². The molecule has 0 unspecified atom stereocenters. The first-order valence-corrected chi connectivity index (χ1v) is 6.80. The molecule has 0 heterocycles. The van der Waals surface area contributed by atoms with Gasteiger partial charge in [-0.3, -0.25) is 0 Å². The molecule has 1 N–H and O–H groups in total. The molecule has 14 heavy (non-hydrogen) atoms. The smallest absolute Gasteiger partial charge is 0.211 e. The lowest BCUT2D eigenvalue weighted by atomic mass is 10.2. The third kappa shape index (κ3) is 2.46. The molecule has 0 aliphatic rings. The molecule has 3 nitrogen and oxygen atoms in total. The first-order valence-electron chi connectivity index (χ1n) is 4.24. The number of rotatable bonds is 3. The standard InChI is InChI=1S/C9H12INO2S/c1-3-11-14(12,13)9-6-4-5-8(10)7(9)2/h4-6,11H,3H2,1-2H3. The van der Waals surface area contributed by atoms with E-state index in [0.717, 1.165) is 9.13 Å². The summed E-state index contributed by atoms with van der Waals surface area (Å²) in [6.45, 7) is 3.99. The molecule has 1 aromatic rings. The van der Waals surface area contributed by atoms with Crippen LogP contribution in [-0.2, 0) is 10.0 Å². The molecule has 0 aromatic heterocycles. The molecular weight excluding hydrogens is 313 g/mol.